The minimum Gasteiger partial charge on any atom is -0.469 e. The topological polar surface area (TPSA) is 26.3 Å². The Balaban J connectivity index is 2.17. The van der Waals surface area contributed by atoms with Crippen LogP contribution in [0.15, 0.2) is 0 Å². The second kappa shape index (κ2) is 2.48. The zero-order valence-electron chi connectivity index (χ0n) is 7.67. The molecule has 12 heavy (non-hydrogen) atoms. The lowest BCUT2D eigenvalue weighted by molar-refractivity contribution is -0.152. The van der Waals surface area contributed by atoms with Gasteiger partial charge in [0.05, 0.1) is 12.5 Å². The van der Waals surface area contributed by atoms with Gasteiger partial charge < -0.3 is 4.74 Å². The number of esters is 1. The van der Waals surface area contributed by atoms with Crippen LogP contribution in [-0.2, 0) is 9.53 Å². The van der Waals surface area contributed by atoms with Crippen LogP contribution in [0.3, 0.4) is 0 Å². The average Bonchev–Trinajstić information content (AvgIpc) is 2.62. The third kappa shape index (κ3) is 0.900. The quantitative estimate of drug-likeness (QED) is 0.557. The maximum absolute atomic E-state index is 11.5. The summed E-state index contributed by atoms with van der Waals surface area (Å²) in [5, 5.41) is 0. The van der Waals surface area contributed by atoms with E-state index in [-0.39, 0.29) is 11.4 Å². The number of methoxy groups -OCH3 is 1. The number of carbonyl (C=O) groups excluding carboxylic acids is 1. The highest BCUT2D eigenvalue weighted by Gasteiger charge is 2.53. The monoisotopic (exact) mass is 167 g/mol. The van der Waals surface area contributed by atoms with E-state index in [1.807, 2.05) is 6.92 Å². The summed E-state index contributed by atoms with van der Waals surface area (Å²) in [5.74, 6) is 1.18. The Kier molecular flexibility index (Phi) is 1.67. The Bertz CT molecular complexity index is 212. The summed E-state index contributed by atoms with van der Waals surface area (Å²) < 4.78 is 4.82. The summed E-state index contributed by atoms with van der Waals surface area (Å²) >= 11 is 0. The summed E-state index contributed by atoms with van der Waals surface area (Å²) in [6.45, 7) is 2.02. The molecule has 0 aromatic rings. The van der Waals surface area contributed by atoms with Crippen LogP contribution in [0.4, 0.5) is 0 Å². The largest absolute Gasteiger partial charge is 0.469 e. The molecule has 1 radical (unpaired) electrons. The van der Waals surface area contributed by atoms with Crippen LogP contribution in [0, 0.1) is 23.7 Å². The summed E-state index contributed by atoms with van der Waals surface area (Å²) in [6.07, 6.45) is 5.88. The highest BCUT2D eigenvalue weighted by molar-refractivity contribution is 5.79. The number of fused-ring (bicyclic) bond motifs is 2. The summed E-state index contributed by atoms with van der Waals surface area (Å²) in [4.78, 5) is 11.5. The average molecular weight is 167 g/mol. The highest BCUT2D eigenvalue weighted by atomic mass is 16.5. The van der Waals surface area contributed by atoms with Gasteiger partial charge in [0.25, 0.3) is 0 Å². The molecule has 0 saturated heterocycles. The van der Waals surface area contributed by atoms with E-state index in [1.54, 1.807) is 0 Å². The van der Waals surface area contributed by atoms with Crippen molar-refractivity contribution in [3.05, 3.63) is 6.42 Å². The third-order valence-electron chi connectivity index (χ3n) is 3.53. The Labute approximate surface area is 73.3 Å². The standard InChI is InChI=1S/C10H15O2/c1-10(9(11)12-2)6-7-3-4-8(10)5-7/h6-8H,3-5H2,1-2H3/t7-,8+,10-/m0/s1. The van der Waals surface area contributed by atoms with Gasteiger partial charge in [-0.2, -0.15) is 0 Å². The molecule has 3 atom stereocenters. The molecular weight excluding hydrogens is 152 g/mol. The van der Waals surface area contributed by atoms with Crippen LogP contribution in [0.2, 0.25) is 0 Å². The lowest BCUT2D eigenvalue weighted by atomic mass is 9.75. The number of carbonyl (C=O) groups is 1. The second-order valence-electron chi connectivity index (χ2n) is 4.21. The highest BCUT2D eigenvalue weighted by Crippen LogP contribution is 2.55. The fraction of sp³-hybridized carbons (Fsp3) is 0.800. The van der Waals surface area contributed by atoms with Crippen LogP contribution < -0.4 is 0 Å². The molecule has 0 amide bonds. The molecule has 0 N–H and O–H groups in total. The summed E-state index contributed by atoms with van der Waals surface area (Å²) in [5.41, 5.74) is -0.266. The molecule has 2 aliphatic carbocycles. The molecule has 0 aliphatic heterocycles. The first-order valence-corrected chi connectivity index (χ1v) is 4.61. The van der Waals surface area contributed by atoms with E-state index in [1.165, 1.54) is 26.4 Å². The lowest BCUT2D eigenvalue weighted by Crippen LogP contribution is -2.34. The Morgan fingerprint density at radius 2 is 2.33 bits per heavy atom. The summed E-state index contributed by atoms with van der Waals surface area (Å²) in [6, 6.07) is 0. The van der Waals surface area contributed by atoms with E-state index in [0.29, 0.717) is 11.8 Å². The van der Waals surface area contributed by atoms with Gasteiger partial charge in [0.15, 0.2) is 0 Å². The van der Waals surface area contributed by atoms with Crippen molar-refractivity contribution >= 4 is 5.97 Å². The summed E-state index contributed by atoms with van der Waals surface area (Å²) in [7, 11) is 1.48. The number of rotatable bonds is 1. The van der Waals surface area contributed by atoms with Crippen molar-refractivity contribution in [1.29, 1.82) is 0 Å². The first kappa shape index (κ1) is 8.09. The second-order valence-corrected chi connectivity index (χ2v) is 4.21. The lowest BCUT2D eigenvalue weighted by Gasteiger charge is -2.30. The molecule has 0 heterocycles. The Morgan fingerprint density at radius 3 is 2.75 bits per heavy atom. The molecule has 0 spiro atoms. The van der Waals surface area contributed by atoms with Gasteiger partial charge in [-0.15, -0.1) is 0 Å². The molecule has 0 aromatic heterocycles. The minimum absolute atomic E-state index is 0.0466. The first-order valence-electron chi connectivity index (χ1n) is 4.61. The maximum atomic E-state index is 11.5. The molecule has 2 bridgehead atoms. The molecule has 2 rings (SSSR count). The zero-order chi connectivity index (χ0) is 8.77. The third-order valence-corrected chi connectivity index (χ3v) is 3.53. The van der Waals surface area contributed by atoms with Crippen molar-refractivity contribution in [1.82, 2.24) is 0 Å². The predicted molar refractivity (Wildman–Crippen MR) is 45.3 cm³/mol. The molecule has 2 nitrogen and oxygen atoms in total. The fourth-order valence-electron chi connectivity index (χ4n) is 2.79. The number of hydrogen-bond acceptors (Lipinski definition) is 2. The van der Waals surface area contributed by atoms with E-state index in [4.69, 9.17) is 4.74 Å². The van der Waals surface area contributed by atoms with Gasteiger partial charge in [-0.25, -0.2) is 0 Å². The maximum Gasteiger partial charge on any atom is 0.312 e. The van der Waals surface area contributed by atoms with E-state index >= 15 is 0 Å². The van der Waals surface area contributed by atoms with Crippen molar-refractivity contribution in [2.24, 2.45) is 17.3 Å². The van der Waals surface area contributed by atoms with E-state index < -0.39 is 0 Å². The van der Waals surface area contributed by atoms with E-state index in [2.05, 4.69) is 6.42 Å². The van der Waals surface area contributed by atoms with Crippen molar-refractivity contribution < 1.29 is 9.53 Å². The van der Waals surface area contributed by atoms with Gasteiger partial charge in [-0.1, -0.05) is 0 Å². The Morgan fingerprint density at radius 1 is 1.58 bits per heavy atom. The van der Waals surface area contributed by atoms with E-state index in [9.17, 15) is 4.79 Å². The SMILES string of the molecule is COC(=O)[C@@]1(C)[CH][C@H]2CC[C@@H]1C2. The van der Waals surface area contributed by atoms with Gasteiger partial charge in [0.2, 0.25) is 0 Å². The van der Waals surface area contributed by atoms with E-state index in [0.717, 1.165) is 0 Å². The molecule has 2 fully saturated rings. The van der Waals surface area contributed by atoms with Crippen molar-refractivity contribution in [2.75, 3.05) is 7.11 Å². The molecule has 2 heteroatoms. The van der Waals surface area contributed by atoms with Crippen LogP contribution in [0.5, 0.6) is 0 Å². The van der Waals surface area contributed by atoms with Gasteiger partial charge in [0.1, 0.15) is 0 Å². The van der Waals surface area contributed by atoms with Crippen molar-refractivity contribution in [3.63, 3.8) is 0 Å². The van der Waals surface area contributed by atoms with Gasteiger partial charge in [-0.3, -0.25) is 4.79 Å². The molecular formula is C10H15O2. The first-order chi connectivity index (χ1) is 5.66. The van der Waals surface area contributed by atoms with Crippen molar-refractivity contribution in [2.45, 2.75) is 26.2 Å². The molecule has 2 aliphatic rings. The number of ether oxygens (including phenoxy) is 1. The Hall–Kier alpha value is -0.530. The van der Waals surface area contributed by atoms with Gasteiger partial charge >= 0.3 is 5.97 Å². The zero-order valence-corrected chi connectivity index (χ0v) is 7.67. The van der Waals surface area contributed by atoms with Crippen LogP contribution in [-0.4, -0.2) is 13.1 Å². The fourth-order valence-corrected chi connectivity index (χ4v) is 2.79. The molecule has 0 unspecified atom stereocenters. The minimum atomic E-state index is -0.266. The van der Waals surface area contributed by atoms with Gasteiger partial charge in [-0.05, 0) is 44.4 Å². The van der Waals surface area contributed by atoms with Crippen LogP contribution >= 0.6 is 0 Å². The predicted octanol–water partition coefficient (Wildman–Crippen LogP) is 1.80. The van der Waals surface area contributed by atoms with Crippen LogP contribution in [0.1, 0.15) is 26.2 Å². The normalized spacial score (nSPS) is 44.8. The molecule has 67 valence electrons. The smallest absolute Gasteiger partial charge is 0.312 e. The molecule has 0 aromatic carbocycles. The van der Waals surface area contributed by atoms with Crippen molar-refractivity contribution in [3.8, 4) is 0 Å². The van der Waals surface area contributed by atoms with Gasteiger partial charge in [0, 0.05) is 0 Å². The molecule has 2 saturated carbocycles. The number of hydrogen-bond donors (Lipinski definition) is 0. The van der Waals surface area contributed by atoms with Crippen LogP contribution in [0.25, 0.3) is 0 Å².